The van der Waals surface area contributed by atoms with Crippen LogP contribution in [0, 0.1) is 12.8 Å². The Balaban J connectivity index is 1.48. The van der Waals surface area contributed by atoms with Gasteiger partial charge in [-0.2, -0.15) is 5.10 Å². The van der Waals surface area contributed by atoms with E-state index in [1.807, 2.05) is 56.4 Å². The van der Waals surface area contributed by atoms with Crippen molar-refractivity contribution in [1.29, 1.82) is 0 Å². The van der Waals surface area contributed by atoms with Gasteiger partial charge in [-0.3, -0.25) is 9.89 Å². The summed E-state index contributed by atoms with van der Waals surface area (Å²) >= 11 is 1.43. The number of aromatic amines is 1. The van der Waals surface area contributed by atoms with Gasteiger partial charge in [0.2, 0.25) is 5.91 Å². The number of nitrogens with one attached hydrogen (secondary N) is 4. The predicted molar refractivity (Wildman–Crippen MR) is 134 cm³/mol. The molecule has 2 heterocycles. The molecule has 5 N–H and O–H groups in total. The Bertz CT molecular complexity index is 1110. The van der Waals surface area contributed by atoms with E-state index in [-0.39, 0.29) is 11.8 Å². The van der Waals surface area contributed by atoms with Crippen LogP contribution in [0.4, 0.5) is 23.1 Å². The fourth-order valence-electron chi connectivity index (χ4n) is 3.04. The topological polar surface area (TPSA) is 128 Å². The zero-order chi connectivity index (χ0) is 23.4. The molecule has 11 heteroatoms. The zero-order valence-corrected chi connectivity index (χ0v) is 20.8. The largest absolute Gasteiger partial charge is 0.432 e. The molecule has 0 radical (unpaired) electrons. The van der Waals surface area contributed by atoms with E-state index < -0.39 is 8.32 Å². The van der Waals surface area contributed by atoms with Gasteiger partial charge in [0.15, 0.2) is 19.3 Å². The Labute approximate surface area is 198 Å². The number of amides is 1. The summed E-state index contributed by atoms with van der Waals surface area (Å²) in [7, 11) is -2.15. The molecule has 1 aliphatic carbocycles. The Morgan fingerprint density at radius 2 is 1.88 bits per heavy atom. The minimum Gasteiger partial charge on any atom is -0.432 e. The van der Waals surface area contributed by atoms with Crippen LogP contribution >= 0.6 is 11.8 Å². The van der Waals surface area contributed by atoms with Crippen LogP contribution in [0.25, 0.3) is 0 Å². The highest BCUT2D eigenvalue weighted by Gasteiger charge is 2.29. The van der Waals surface area contributed by atoms with Gasteiger partial charge in [0.05, 0.1) is 0 Å². The van der Waals surface area contributed by atoms with Gasteiger partial charge in [0.1, 0.15) is 11.6 Å². The first-order chi connectivity index (χ1) is 15.7. The summed E-state index contributed by atoms with van der Waals surface area (Å²) in [4.78, 5) is 32.3. The molecule has 1 amide bonds. The molecule has 0 spiro atoms. The fourth-order valence-corrected chi connectivity index (χ4v) is 4.54. The van der Waals surface area contributed by atoms with Crippen molar-refractivity contribution >= 4 is 49.1 Å². The summed E-state index contributed by atoms with van der Waals surface area (Å²) in [6.45, 7) is 6.40. The first-order valence-corrected chi connectivity index (χ1v) is 14.9. The normalized spacial score (nSPS) is 13.6. The zero-order valence-electron chi connectivity index (χ0n) is 19.0. The molecule has 0 atom stereocenters. The third kappa shape index (κ3) is 7.31. The van der Waals surface area contributed by atoms with E-state index in [0.717, 1.165) is 35.2 Å². The number of hydrogen-bond acceptors (Lipinski definition) is 8. The van der Waals surface area contributed by atoms with Crippen molar-refractivity contribution in [3.63, 3.8) is 0 Å². The van der Waals surface area contributed by atoms with Crippen LogP contribution in [0.2, 0.25) is 19.1 Å². The number of benzene rings is 1. The molecule has 0 unspecified atom stereocenters. The maximum absolute atomic E-state index is 12.0. The second-order valence-corrected chi connectivity index (χ2v) is 14.0. The van der Waals surface area contributed by atoms with Crippen molar-refractivity contribution in [2.75, 3.05) is 22.5 Å². The van der Waals surface area contributed by atoms with E-state index in [1.54, 1.807) is 0 Å². The predicted octanol–water partition coefficient (Wildman–Crippen LogP) is 4.36. The molecular weight excluding hydrogens is 454 g/mol. The van der Waals surface area contributed by atoms with E-state index in [0.29, 0.717) is 29.2 Å². The molecule has 1 aromatic carbocycles. The highest BCUT2D eigenvalue weighted by Crippen LogP contribution is 2.31. The summed E-state index contributed by atoms with van der Waals surface area (Å²) in [5.41, 5.74) is 1.74. The quantitative estimate of drug-likeness (QED) is 0.213. The van der Waals surface area contributed by atoms with Crippen molar-refractivity contribution in [2.24, 2.45) is 5.92 Å². The van der Waals surface area contributed by atoms with Crippen LogP contribution in [0.1, 0.15) is 18.5 Å². The number of hydrogen-bond donors (Lipinski definition) is 5. The molecule has 4 rings (SSSR count). The van der Waals surface area contributed by atoms with Crippen molar-refractivity contribution < 1.29 is 9.59 Å². The Kier molecular flexibility index (Phi) is 7.01. The number of aryl methyl sites for hydroxylation is 1. The van der Waals surface area contributed by atoms with E-state index in [4.69, 9.17) is 0 Å². The second-order valence-electron chi connectivity index (χ2n) is 8.86. The van der Waals surface area contributed by atoms with Gasteiger partial charge in [0, 0.05) is 40.9 Å². The molecule has 3 aromatic rings. The molecule has 0 bridgehead atoms. The van der Waals surface area contributed by atoms with Gasteiger partial charge in [-0.25, -0.2) is 9.97 Å². The molecule has 1 aliphatic rings. The molecular formula is C22H29N7O2SSi. The minimum atomic E-state index is -2.15. The lowest BCUT2D eigenvalue weighted by Gasteiger charge is -2.15. The summed E-state index contributed by atoms with van der Waals surface area (Å²) in [6, 6.07) is 12.1. The number of rotatable bonds is 10. The Morgan fingerprint density at radius 3 is 2.52 bits per heavy atom. The maximum Gasteiger partial charge on any atom is 0.227 e. The standard InChI is InChI=1S/C22H29N7O2SSi/c1-14-12-20(29-28-14)25-19-13-18(23-10-11-33(2,3)31)26-22(27-19)32-17-8-6-16(7-9-17)24-21(30)15-4-5-15/h6-9,12-13,15,31H,4-5,10-11H2,1-3H3,(H,24,30)(H3,23,25,26,27,28,29). The van der Waals surface area contributed by atoms with Gasteiger partial charge >= 0.3 is 0 Å². The maximum atomic E-state index is 12.0. The lowest BCUT2D eigenvalue weighted by atomic mass is 10.3. The number of carbonyl (C=O) groups excluding carboxylic acids is 1. The lowest BCUT2D eigenvalue weighted by Crippen LogP contribution is -2.27. The highest BCUT2D eigenvalue weighted by molar-refractivity contribution is 7.99. The molecule has 1 fully saturated rings. The van der Waals surface area contributed by atoms with Crippen LogP contribution in [0.3, 0.4) is 0 Å². The van der Waals surface area contributed by atoms with Crippen molar-refractivity contribution in [3.05, 3.63) is 42.1 Å². The van der Waals surface area contributed by atoms with Gasteiger partial charge in [0.25, 0.3) is 0 Å². The lowest BCUT2D eigenvalue weighted by molar-refractivity contribution is -0.117. The van der Waals surface area contributed by atoms with Crippen molar-refractivity contribution in [2.45, 2.75) is 49.0 Å². The van der Waals surface area contributed by atoms with Crippen LogP contribution in [-0.2, 0) is 4.79 Å². The third-order valence-corrected chi connectivity index (χ3v) is 7.34. The van der Waals surface area contributed by atoms with Gasteiger partial charge in [-0.15, -0.1) is 0 Å². The average molecular weight is 484 g/mol. The van der Waals surface area contributed by atoms with E-state index >= 15 is 0 Å². The van der Waals surface area contributed by atoms with Crippen molar-refractivity contribution in [3.8, 4) is 0 Å². The average Bonchev–Trinajstić information content (AvgIpc) is 3.51. The summed E-state index contributed by atoms with van der Waals surface area (Å²) in [5.74, 6) is 2.24. The summed E-state index contributed by atoms with van der Waals surface area (Å²) in [5, 5.41) is 17.2. The van der Waals surface area contributed by atoms with Gasteiger partial charge in [-0.1, -0.05) is 0 Å². The molecule has 33 heavy (non-hydrogen) atoms. The van der Waals surface area contributed by atoms with Crippen LogP contribution < -0.4 is 16.0 Å². The van der Waals surface area contributed by atoms with E-state index in [9.17, 15) is 9.59 Å². The monoisotopic (exact) mass is 483 g/mol. The number of carbonyl (C=O) groups is 1. The number of nitrogens with zero attached hydrogens (tertiary/aromatic N) is 3. The summed E-state index contributed by atoms with van der Waals surface area (Å²) in [6.07, 6.45) is 1.96. The van der Waals surface area contributed by atoms with Crippen LogP contribution in [0.5, 0.6) is 0 Å². The van der Waals surface area contributed by atoms with Gasteiger partial charge < -0.3 is 20.7 Å². The number of aromatic nitrogens is 4. The third-order valence-electron chi connectivity index (χ3n) is 4.99. The Hall–Kier alpha value is -2.89. The van der Waals surface area contributed by atoms with Crippen molar-refractivity contribution in [1.82, 2.24) is 20.2 Å². The second kappa shape index (κ2) is 9.94. The highest BCUT2D eigenvalue weighted by atomic mass is 32.2. The van der Waals surface area contributed by atoms with Crippen LogP contribution in [-0.4, -0.2) is 45.7 Å². The molecule has 0 aliphatic heterocycles. The first-order valence-electron chi connectivity index (χ1n) is 11.0. The van der Waals surface area contributed by atoms with Crippen LogP contribution in [0.15, 0.2) is 46.5 Å². The molecule has 0 saturated heterocycles. The Morgan fingerprint density at radius 1 is 1.15 bits per heavy atom. The molecule has 1 saturated carbocycles. The number of H-pyrrole nitrogens is 1. The van der Waals surface area contributed by atoms with E-state index in [2.05, 4.69) is 36.1 Å². The summed E-state index contributed by atoms with van der Waals surface area (Å²) < 4.78 is 0. The molecule has 9 nitrogen and oxygen atoms in total. The van der Waals surface area contributed by atoms with Gasteiger partial charge in [-0.05, 0) is 74.9 Å². The fraction of sp³-hybridized carbons (Fsp3) is 0.364. The number of anilines is 4. The minimum absolute atomic E-state index is 0.0935. The molecule has 2 aromatic heterocycles. The SMILES string of the molecule is Cc1cc(Nc2cc(NCC[Si](C)(C)O)nc(Sc3ccc(NC(=O)C4CC4)cc3)n2)n[nH]1. The smallest absolute Gasteiger partial charge is 0.227 e. The first kappa shape index (κ1) is 23.3. The van der Waals surface area contributed by atoms with E-state index in [1.165, 1.54) is 11.8 Å². The molecule has 174 valence electrons.